The third-order valence-corrected chi connectivity index (χ3v) is 3.43. The second kappa shape index (κ2) is 7.45. The standard InChI is InChI=1S/C17H19NO4/c1-12-10-18-16(14(12)8-9-15(19)21-2)17(20)22-11-13-6-4-3-5-7-13/h3-7,10,18H,8-9,11H2,1-2H3. The van der Waals surface area contributed by atoms with Gasteiger partial charge in [0.05, 0.1) is 7.11 Å². The van der Waals surface area contributed by atoms with Crippen LogP contribution in [0.3, 0.4) is 0 Å². The molecule has 2 rings (SSSR count). The van der Waals surface area contributed by atoms with Crippen molar-refractivity contribution in [2.75, 3.05) is 7.11 Å². The molecule has 0 saturated carbocycles. The van der Waals surface area contributed by atoms with Crippen LogP contribution in [-0.4, -0.2) is 24.0 Å². The lowest BCUT2D eigenvalue weighted by Gasteiger charge is -2.07. The highest BCUT2D eigenvalue weighted by Gasteiger charge is 2.18. The van der Waals surface area contributed by atoms with E-state index >= 15 is 0 Å². The Labute approximate surface area is 129 Å². The third-order valence-electron chi connectivity index (χ3n) is 3.43. The van der Waals surface area contributed by atoms with Gasteiger partial charge >= 0.3 is 11.9 Å². The Hall–Kier alpha value is -2.56. The molecule has 1 N–H and O–H groups in total. The number of hydrogen-bond donors (Lipinski definition) is 1. The van der Waals surface area contributed by atoms with Crippen LogP contribution in [0.15, 0.2) is 36.5 Å². The quantitative estimate of drug-likeness (QED) is 0.833. The van der Waals surface area contributed by atoms with Gasteiger partial charge in [0.15, 0.2) is 0 Å². The van der Waals surface area contributed by atoms with E-state index in [9.17, 15) is 9.59 Å². The maximum Gasteiger partial charge on any atom is 0.355 e. The molecule has 116 valence electrons. The van der Waals surface area contributed by atoms with Gasteiger partial charge in [-0.2, -0.15) is 0 Å². The maximum atomic E-state index is 12.2. The van der Waals surface area contributed by atoms with Crippen LogP contribution in [-0.2, 0) is 27.3 Å². The van der Waals surface area contributed by atoms with Gasteiger partial charge in [0.2, 0.25) is 0 Å². The highest BCUT2D eigenvalue weighted by Crippen LogP contribution is 2.17. The summed E-state index contributed by atoms with van der Waals surface area (Å²) in [6.07, 6.45) is 2.41. The first kappa shape index (κ1) is 15.8. The number of aromatic nitrogens is 1. The predicted molar refractivity (Wildman–Crippen MR) is 81.4 cm³/mol. The van der Waals surface area contributed by atoms with Gasteiger partial charge in [0.1, 0.15) is 12.3 Å². The summed E-state index contributed by atoms with van der Waals surface area (Å²) >= 11 is 0. The van der Waals surface area contributed by atoms with Crippen LogP contribution < -0.4 is 0 Å². The molecule has 0 fully saturated rings. The zero-order valence-electron chi connectivity index (χ0n) is 12.7. The molecule has 2 aromatic rings. The minimum absolute atomic E-state index is 0.216. The second-order valence-electron chi connectivity index (χ2n) is 4.96. The van der Waals surface area contributed by atoms with Gasteiger partial charge in [-0.1, -0.05) is 30.3 Å². The molecule has 22 heavy (non-hydrogen) atoms. The fraction of sp³-hybridized carbons (Fsp3) is 0.294. The number of carbonyl (C=O) groups is 2. The third kappa shape index (κ3) is 3.97. The fourth-order valence-electron chi connectivity index (χ4n) is 2.18. The zero-order valence-corrected chi connectivity index (χ0v) is 12.7. The van der Waals surface area contributed by atoms with E-state index in [4.69, 9.17) is 4.74 Å². The summed E-state index contributed by atoms with van der Waals surface area (Å²) in [4.78, 5) is 26.4. The monoisotopic (exact) mass is 301 g/mol. The summed E-state index contributed by atoms with van der Waals surface area (Å²) in [5.41, 5.74) is 3.05. The number of H-pyrrole nitrogens is 1. The molecule has 1 heterocycles. The van der Waals surface area contributed by atoms with Crippen LogP contribution in [0.1, 0.15) is 33.6 Å². The minimum Gasteiger partial charge on any atom is -0.469 e. The first-order valence-corrected chi connectivity index (χ1v) is 7.06. The van der Waals surface area contributed by atoms with Gasteiger partial charge in [0, 0.05) is 12.6 Å². The lowest BCUT2D eigenvalue weighted by atomic mass is 10.1. The van der Waals surface area contributed by atoms with Crippen molar-refractivity contribution in [2.45, 2.75) is 26.4 Å². The van der Waals surface area contributed by atoms with Crippen LogP contribution >= 0.6 is 0 Å². The zero-order chi connectivity index (χ0) is 15.9. The number of carbonyl (C=O) groups excluding carboxylic acids is 2. The summed E-state index contributed by atoms with van der Waals surface area (Å²) in [6, 6.07) is 9.48. The summed E-state index contributed by atoms with van der Waals surface area (Å²) < 4.78 is 9.94. The van der Waals surface area contributed by atoms with Crippen molar-refractivity contribution in [3.8, 4) is 0 Å². The lowest BCUT2D eigenvalue weighted by molar-refractivity contribution is -0.140. The Bertz CT molecular complexity index is 646. The van der Waals surface area contributed by atoms with E-state index in [0.717, 1.165) is 16.7 Å². The minimum atomic E-state index is -0.420. The maximum absolute atomic E-state index is 12.2. The molecule has 0 amide bonds. The first-order valence-electron chi connectivity index (χ1n) is 7.06. The number of esters is 2. The number of ether oxygens (including phenoxy) is 2. The molecule has 0 atom stereocenters. The van der Waals surface area contributed by atoms with E-state index in [1.54, 1.807) is 6.20 Å². The molecular weight excluding hydrogens is 282 g/mol. The van der Waals surface area contributed by atoms with Crippen molar-refractivity contribution in [3.05, 3.63) is 58.9 Å². The average Bonchev–Trinajstić information content (AvgIpc) is 2.92. The van der Waals surface area contributed by atoms with E-state index in [0.29, 0.717) is 12.1 Å². The van der Waals surface area contributed by atoms with Crippen molar-refractivity contribution in [2.24, 2.45) is 0 Å². The number of benzene rings is 1. The Morgan fingerprint density at radius 1 is 1.18 bits per heavy atom. The van der Waals surface area contributed by atoms with Crippen molar-refractivity contribution in [3.63, 3.8) is 0 Å². The number of aryl methyl sites for hydroxylation is 1. The van der Waals surface area contributed by atoms with Crippen LogP contribution in [0.5, 0.6) is 0 Å². The highest BCUT2D eigenvalue weighted by molar-refractivity contribution is 5.89. The summed E-state index contributed by atoms with van der Waals surface area (Å²) in [5, 5.41) is 0. The van der Waals surface area contributed by atoms with Crippen molar-refractivity contribution in [1.82, 2.24) is 4.98 Å². The Morgan fingerprint density at radius 2 is 1.91 bits per heavy atom. The Kier molecular flexibility index (Phi) is 5.36. The molecule has 0 aliphatic carbocycles. The number of nitrogens with one attached hydrogen (secondary N) is 1. The molecule has 0 bridgehead atoms. The average molecular weight is 301 g/mol. The smallest absolute Gasteiger partial charge is 0.355 e. The molecule has 0 aliphatic heterocycles. The molecule has 0 aliphatic rings. The summed E-state index contributed by atoms with van der Waals surface area (Å²) in [7, 11) is 1.35. The van der Waals surface area contributed by atoms with Crippen LogP contribution in [0, 0.1) is 6.92 Å². The SMILES string of the molecule is COC(=O)CCc1c(C)c[nH]c1C(=O)OCc1ccccc1. The molecule has 1 aromatic carbocycles. The van der Waals surface area contributed by atoms with Gasteiger partial charge < -0.3 is 14.5 Å². The normalized spacial score (nSPS) is 10.3. The number of rotatable bonds is 6. The van der Waals surface area contributed by atoms with Gasteiger partial charge in [-0.15, -0.1) is 0 Å². The van der Waals surface area contributed by atoms with E-state index in [2.05, 4.69) is 9.72 Å². The molecule has 0 spiro atoms. The Morgan fingerprint density at radius 3 is 2.59 bits per heavy atom. The van der Waals surface area contributed by atoms with E-state index in [-0.39, 0.29) is 19.0 Å². The first-order chi connectivity index (χ1) is 10.6. The van der Waals surface area contributed by atoms with Gasteiger partial charge in [-0.3, -0.25) is 4.79 Å². The van der Waals surface area contributed by atoms with Crippen LogP contribution in [0.25, 0.3) is 0 Å². The lowest BCUT2D eigenvalue weighted by Crippen LogP contribution is -2.10. The van der Waals surface area contributed by atoms with E-state index < -0.39 is 5.97 Å². The fourth-order valence-corrected chi connectivity index (χ4v) is 2.18. The topological polar surface area (TPSA) is 68.4 Å². The van der Waals surface area contributed by atoms with Crippen molar-refractivity contribution >= 4 is 11.9 Å². The van der Waals surface area contributed by atoms with E-state index in [1.807, 2.05) is 37.3 Å². The highest BCUT2D eigenvalue weighted by atomic mass is 16.5. The number of methoxy groups -OCH3 is 1. The summed E-state index contributed by atoms with van der Waals surface area (Å²) in [5.74, 6) is -0.721. The summed E-state index contributed by atoms with van der Waals surface area (Å²) in [6.45, 7) is 2.10. The van der Waals surface area contributed by atoms with Gasteiger partial charge in [-0.25, -0.2) is 4.79 Å². The van der Waals surface area contributed by atoms with Gasteiger partial charge in [0.25, 0.3) is 0 Å². The number of aromatic amines is 1. The molecule has 0 unspecified atom stereocenters. The molecule has 1 aromatic heterocycles. The molecular formula is C17H19NO4. The van der Waals surface area contributed by atoms with Crippen molar-refractivity contribution in [1.29, 1.82) is 0 Å². The molecule has 0 saturated heterocycles. The van der Waals surface area contributed by atoms with Crippen molar-refractivity contribution < 1.29 is 19.1 Å². The predicted octanol–water partition coefficient (Wildman–Crippen LogP) is 2.79. The van der Waals surface area contributed by atoms with Crippen LogP contribution in [0.2, 0.25) is 0 Å². The van der Waals surface area contributed by atoms with Crippen LogP contribution in [0.4, 0.5) is 0 Å². The Balaban J connectivity index is 2.02. The van der Waals surface area contributed by atoms with Gasteiger partial charge in [-0.05, 0) is 30.0 Å². The second-order valence-corrected chi connectivity index (χ2v) is 4.96. The number of hydrogen-bond acceptors (Lipinski definition) is 4. The molecule has 0 radical (unpaired) electrons. The molecule has 5 nitrogen and oxygen atoms in total. The largest absolute Gasteiger partial charge is 0.469 e. The molecule has 5 heteroatoms. The van der Waals surface area contributed by atoms with E-state index in [1.165, 1.54) is 7.11 Å².